The molecule has 0 spiro atoms. The summed E-state index contributed by atoms with van der Waals surface area (Å²) in [6.45, 7) is 19.5. The first-order valence-electron chi connectivity index (χ1n) is 8.60. The summed E-state index contributed by atoms with van der Waals surface area (Å²) in [5.41, 5.74) is 6.60. The van der Waals surface area contributed by atoms with Crippen molar-refractivity contribution in [2.75, 3.05) is 0 Å². The number of allylic oxidation sites excluding steroid dienone is 2. The van der Waals surface area contributed by atoms with E-state index in [1.54, 1.807) is 11.3 Å². The third-order valence-electron chi connectivity index (χ3n) is 5.40. The SMILES string of the molecule is C=CC(=C)c1sc(C)nc1-c1ccc2c(c1)C(C)(C)CCC2(C)C. The topological polar surface area (TPSA) is 12.9 Å². The van der Waals surface area contributed by atoms with Gasteiger partial charge in [0.15, 0.2) is 0 Å². The summed E-state index contributed by atoms with van der Waals surface area (Å²) < 4.78 is 0. The van der Waals surface area contributed by atoms with Gasteiger partial charge < -0.3 is 0 Å². The Balaban J connectivity index is 2.20. The van der Waals surface area contributed by atoms with Crippen LogP contribution in [0.5, 0.6) is 0 Å². The Hall–Kier alpha value is -1.67. The zero-order valence-electron chi connectivity index (χ0n) is 15.5. The summed E-state index contributed by atoms with van der Waals surface area (Å²) in [6.07, 6.45) is 4.28. The van der Waals surface area contributed by atoms with Crippen molar-refractivity contribution >= 4 is 16.9 Å². The van der Waals surface area contributed by atoms with E-state index in [1.165, 1.54) is 29.5 Å². The Labute approximate surface area is 150 Å². The number of aryl methyl sites for hydroxylation is 1. The van der Waals surface area contributed by atoms with Gasteiger partial charge in [0.2, 0.25) is 0 Å². The molecule has 1 heterocycles. The Morgan fingerprint density at radius 2 is 1.75 bits per heavy atom. The first kappa shape index (κ1) is 17.2. The van der Waals surface area contributed by atoms with E-state index in [2.05, 4.69) is 66.0 Å². The van der Waals surface area contributed by atoms with E-state index in [4.69, 9.17) is 4.98 Å². The van der Waals surface area contributed by atoms with Gasteiger partial charge in [-0.2, -0.15) is 0 Å². The lowest BCUT2D eigenvalue weighted by molar-refractivity contribution is 0.332. The molecular weight excluding hydrogens is 310 g/mol. The lowest BCUT2D eigenvalue weighted by atomic mass is 9.63. The Morgan fingerprint density at radius 3 is 2.38 bits per heavy atom. The van der Waals surface area contributed by atoms with Gasteiger partial charge in [-0.3, -0.25) is 0 Å². The minimum atomic E-state index is 0.210. The van der Waals surface area contributed by atoms with Crippen molar-refractivity contribution in [3.8, 4) is 11.3 Å². The first-order valence-corrected chi connectivity index (χ1v) is 9.42. The molecule has 1 nitrogen and oxygen atoms in total. The maximum absolute atomic E-state index is 4.79. The third kappa shape index (κ3) is 2.77. The van der Waals surface area contributed by atoms with Crippen LogP contribution in [-0.4, -0.2) is 4.98 Å². The number of rotatable bonds is 3. The summed E-state index contributed by atoms with van der Waals surface area (Å²) in [7, 11) is 0. The van der Waals surface area contributed by atoms with Crippen LogP contribution in [-0.2, 0) is 10.8 Å². The van der Waals surface area contributed by atoms with Gasteiger partial charge in [0.1, 0.15) is 0 Å². The molecule has 3 rings (SSSR count). The van der Waals surface area contributed by atoms with E-state index < -0.39 is 0 Å². The van der Waals surface area contributed by atoms with Crippen molar-refractivity contribution in [1.82, 2.24) is 4.98 Å². The molecular formula is C22H27NS. The van der Waals surface area contributed by atoms with Gasteiger partial charge >= 0.3 is 0 Å². The average molecular weight is 338 g/mol. The second-order valence-corrected chi connectivity index (χ2v) is 9.37. The molecule has 1 aliphatic carbocycles. The van der Waals surface area contributed by atoms with Crippen LogP contribution in [0.4, 0.5) is 0 Å². The highest BCUT2D eigenvalue weighted by Gasteiger charge is 2.37. The maximum atomic E-state index is 4.79. The van der Waals surface area contributed by atoms with Crippen LogP contribution >= 0.6 is 11.3 Å². The fraction of sp³-hybridized carbons (Fsp3) is 0.409. The minimum Gasteiger partial charge on any atom is -0.241 e. The first-order chi connectivity index (χ1) is 11.2. The van der Waals surface area contributed by atoms with E-state index in [-0.39, 0.29) is 10.8 Å². The molecule has 0 amide bonds. The number of aromatic nitrogens is 1. The van der Waals surface area contributed by atoms with Crippen LogP contribution in [0, 0.1) is 6.92 Å². The lowest BCUT2D eigenvalue weighted by Crippen LogP contribution is -2.33. The van der Waals surface area contributed by atoms with Crippen molar-refractivity contribution < 1.29 is 0 Å². The molecule has 2 heteroatoms. The van der Waals surface area contributed by atoms with Crippen molar-refractivity contribution in [3.05, 3.63) is 58.4 Å². The van der Waals surface area contributed by atoms with E-state index >= 15 is 0 Å². The molecule has 0 unspecified atom stereocenters. The van der Waals surface area contributed by atoms with E-state index in [9.17, 15) is 0 Å². The van der Waals surface area contributed by atoms with Crippen molar-refractivity contribution in [3.63, 3.8) is 0 Å². The number of hydrogen-bond donors (Lipinski definition) is 0. The molecule has 24 heavy (non-hydrogen) atoms. The van der Waals surface area contributed by atoms with Crippen LogP contribution in [0.3, 0.4) is 0 Å². The summed E-state index contributed by atoms with van der Waals surface area (Å²) in [5.74, 6) is 0. The molecule has 1 aliphatic rings. The fourth-order valence-electron chi connectivity index (χ4n) is 3.67. The predicted octanol–water partition coefficient (Wildman–Crippen LogP) is 6.67. The molecule has 0 atom stereocenters. The van der Waals surface area contributed by atoms with E-state index in [1.807, 2.05) is 6.08 Å². The second-order valence-electron chi connectivity index (χ2n) is 8.17. The van der Waals surface area contributed by atoms with Crippen LogP contribution in [0.25, 0.3) is 16.8 Å². The number of fused-ring (bicyclic) bond motifs is 1. The molecule has 126 valence electrons. The number of hydrogen-bond acceptors (Lipinski definition) is 2. The zero-order chi connectivity index (χ0) is 17.7. The Kier molecular flexibility index (Phi) is 4.08. The van der Waals surface area contributed by atoms with Gasteiger partial charge in [-0.05, 0) is 53.4 Å². The predicted molar refractivity (Wildman–Crippen MR) is 107 cm³/mol. The standard InChI is InChI=1S/C22H27NS/c1-8-14(2)20-19(23-15(3)24-20)16-9-10-17-18(13-16)22(6,7)12-11-21(17,4)5/h8-10,13H,1-2,11-12H2,3-7H3. The van der Waals surface area contributed by atoms with Crippen molar-refractivity contribution in [1.29, 1.82) is 0 Å². The number of benzene rings is 1. The van der Waals surface area contributed by atoms with Gasteiger partial charge in [0.25, 0.3) is 0 Å². The largest absolute Gasteiger partial charge is 0.241 e. The summed E-state index contributed by atoms with van der Waals surface area (Å²) in [5, 5.41) is 1.07. The highest BCUT2D eigenvalue weighted by Crippen LogP contribution is 2.47. The molecule has 0 fully saturated rings. The van der Waals surface area contributed by atoms with Crippen molar-refractivity contribution in [2.24, 2.45) is 0 Å². The molecule has 0 saturated carbocycles. The zero-order valence-corrected chi connectivity index (χ0v) is 16.3. The lowest BCUT2D eigenvalue weighted by Gasteiger charge is -2.42. The molecule has 0 bridgehead atoms. The molecule has 0 saturated heterocycles. The molecule has 1 aromatic heterocycles. The molecule has 0 aliphatic heterocycles. The van der Waals surface area contributed by atoms with Gasteiger partial charge in [0, 0.05) is 5.56 Å². The Bertz CT molecular complexity index is 820. The normalized spacial score (nSPS) is 18.0. The monoisotopic (exact) mass is 337 g/mol. The quantitative estimate of drug-likeness (QED) is 0.570. The van der Waals surface area contributed by atoms with Crippen LogP contribution < -0.4 is 0 Å². The van der Waals surface area contributed by atoms with Crippen molar-refractivity contribution in [2.45, 2.75) is 58.3 Å². The number of nitrogens with zero attached hydrogens (tertiary/aromatic N) is 1. The smallest absolute Gasteiger partial charge is 0.0908 e. The fourth-order valence-corrected chi connectivity index (χ4v) is 4.58. The van der Waals surface area contributed by atoms with Crippen LogP contribution in [0.15, 0.2) is 37.4 Å². The highest BCUT2D eigenvalue weighted by atomic mass is 32.1. The van der Waals surface area contributed by atoms with E-state index in [0.29, 0.717) is 0 Å². The molecule has 0 N–H and O–H groups in total. The van der Waals surface area contributed by atoms with Crippen LogP contribution in [0.2, 0.25) is 0 Å². The van der Waals surface area contributed by atoms with E-state index in [0.717, 1.165) is 21.2 Å². The van der Waals surface area contributed by atoms with Gasteiger partial charge in [-0.25, -0.2) is 4.98 Å². The number of thiazole rings is 1. The third-order valence-corrected chi connectivity index (χ3v) is 6.44. The Morgan fingerprint density at radius 1 is 1.12 bits per heavy atom. The summed E-state index contributed by atoms with van der Waals surface area (Å²) >= 11 is 1.70. The molecule has 2 aromatic rings. The van der Waals surface area contributed by atoms with Gasteiger partial charge in [0.05, 0.1) is 15.6 Å². The molecule has 0 radical (unpaired) electrons. The summed E-state index contributed by atoms with van der Waals surface area (Å²) in [4.78, 5) is 5.93. The minimum absolute atomic E-state index is 0.210. The van der Waals surface area contributed by atoms with Gasteiger partial charge in [-0.15, -0.1) is 11.3 Å². The van der Waals surface area contributed by atoms with Crippen LogP contribution in [0.1, 0.15) is 61.5 Å². The summed E-state index contributed by atoms with van der Waals surface area (Å²) in [6, 6.07) is 6.92. The average Bonchev–Trinajstić information content (AvgIpc) is 2.93. The highest BCUT2D eigenvalue weighted by molar-refractivity contribution is 7.13. The molecule has 1 aromatic carbocycles. The maximum Gasteiger partial charge on any atom is 0.0908 e. The second kappa shape index (κ2) is 5.70. The van der Waals surface area contributed by atoms with Gasteiger partial charge in [-0.1, -0.05) is 59.1 Å².